The van der Waals surface area contributed by atoms with Crippen molar-refractivity contribution in [1.29, 1.82) is 0 Å². The summed E-state index contributed by atoms with van der Waals surface area (Å²) in [5.41, 5.74) is -0.761. The number of rotatable bonds is 0. The van der Waals surface area contributed by atoms with E-state index in [2.05, 4.69) is 5.32 Å². The van der Waals surface area contributed by atoms with E-state index >= 15 is 0 Å². The Morgan fingerprint density at radius 1 is 1.33 bits per heavy atom. The third kappa shape index (κ3) is 1.55. The Morgan fingerprint density at radius 2 is 2.00 bits per heavy atom. The second-order valence-corrected chi connectivity index (χ2v) is 3.36. The zero-order chi connectivity index (χ0) is 11.2. The van der Waals surface area contributed by atoms with Crippen molar-refractivity contribution in [1.82, 2.24) is 5.32 Å². The van der Waals surface area contributed by atoms with Crippen molar-refractivity contribution in [2.24, 2.45) is 5.92 Å². The molecule has 0 spiro atoms. The molecule has 1 aliphatic carbocycles. The van der Waals surface area contributed by atoms with Gasteiger partial charge in [0.2, 0.25) is 5.78 Å². The monoisotopic (exact) mass is 217 g/mol. The van der Waals surface area contributed by atoms with Gasteiger partial charge < -0.3 is 5.32 Å². The number of allylic oxidation sites excluding steroid dienone is 4. The fourth-order valence-corrected chi connectivity index (χ4v) is 1.62. The molecule has 0 bridgehead atoms. The highest BCUT2D eigenvalue weighted by atomic mass is 19.4. The molecule has 1 unspecified atom stereocenters. The van der Waals surface area contributed by atoms with Crippen LogP contribution in [0.15, 0.2) is 23.4 Å². The summed E-state index contributed by atoms with van der Waals surface area (Å²) >= 11 is 0. The predicted molar refractivity (Wildman–Crippen MR) is 43.5 cm³/mol. The number of ketones is 1. The number of hydrogen-bond acceptors (Lipinski definition) is 2. The van der Waals surface area contributed by atoms with Gasteiger partial charge in [-0.25, -0.2) is 0 Å². The van der Waals surface area contributed by atoms with E-state index in [-0.39, 0.29) is 12.1 Å². The molecule has 2 rings (SSSR count). The third-order valence-electron chi connectivity index (χ3n) is 2.39. The van der Waals surface area contributed by atoms with Crippen LogP contribution in [0.1, 0.15) is 6.42 Å². The first-order valence-electron chi connectivity index (χ1n) is 4.24. The maximum atomic E-state index is 12.3. The molecule has 6 heteroatoms. The molecule has 0 aromatic heterocycles. The number of nitrogens with one attached hydrogen (secondary N) is 1. The van der Waals surface area contributed by atoms with Crippen molar-refractivity contribution in [3.8, 4) is 0 Å². The van der Waals surface area contributed by atoms with Gasteiger partial charge in [0, 0.05) is 5.70 Å². The van der Waals surface area contributed by atoms with Crippen LogP contribution in [0, 0.1) is 5.92 Å². The summed E-state index contributed by atoms with van der Waals surface area (Å²) in [6.45, 7) is 0. The summed E-state index contributed by atoms with van der Waals surface area (Å²) in [5, 5.41) is 2.14. The van der Waals surface area contributed by atoms with Crippen molar-refractivity contribution in [2.75, 3.05) is 0 Å². The highest BCUT2D eigenvalue weighted by molar-refractivity contribution is 6.40. The van der Waals surface area contributed by atoms with Crippen LogP contribution in [0.25, 0.3) is 0 Å². The van der Waals surface area contributed by atoms with Gasteiger partial charge in [0.1, 0.15) is 0 Å². The molecular weight excluding hydrogens is 211 g/mol. The summed E-state index contributed by atoms with van der Waals surface area (Å²) in [5.74, 6) is -2.25. The van der Waals surface area contributed by atoms with Crippen molar-refractivity contribution in [3.05, 3.63) is 23.4 Å². The van der Waals surface area contributed by atoms with Gasteiger partial charge >= 0.3 is 6.18 Å². The van der Waals surface area contributed by atoms with Crippen molar-refractivity contribution >= 4 is 11.7 Å². The maximum absolute atomic E-state index is 12.3. The van der Waals surface area contributed by atoms with Gasteiger partial charge in [0.15, 0.2) is 0 Å². The van der Waals surface area contributed by atoms with Crippen LogP contribution in [0.3, 0.4) is 0 Å². The number of hydrogen-bond donors (Lipinski definition) is 1. The van der Waals surface area contributed by atoms with E-state index in [0.717, 1.165) is 12.2 Å². The van der Waals surface area contributed by atoms with E-state index in [0.29, 0.717) is 0 Å². The lowest BCUT2D eigenvalue weighted by Gasteiger charge is -2.16. The Kier molecular flexibility index (Phi) is 1.95. The first-order valence-corrected chi connectivity index (χ1v) is 4.24. The van der Waals surface area contributed by atoms with Gasteiger partial charge in [-0.2, -0.15) is 13.2 Å². The van der Waals surface area contributed by atoms with E-state index in [9.17, 15) is 22.8 Å². The van der Waals surface area contributed by atoms with E-state index in [4.69, 9.17) is 0 Å². The number of carbonyl (C=O) groups is 2. The molecule has 1 N–H and O–H groups in total. The van der Waals surface area contributed by atoms with Crippen molar-refractivity contribution in [2.45, 2.75) is 12.6 Å². The minimum atomic E-state index is -4.44. The molecule has 15 heavy (non-hydrogen) atoms. The summed E-state index contributed by atoms with van der Waals surface area (Å²) < 4.78 is 36.8. The second kappa shape index (κ2) is 2.95. The highest BCUT2D eigenvalue weighted by Gasteiger charge is 2.41. The molecular formula is C9H6F3NO2. The largest absolute Gasteiger partial charge is 0.416 e. The standard InChI is InChI=1S/C9H6F3NO2/c10-9(11,12)4-1-2-5-6(3-4)13-8(15)7(5)14/h1,3,5H,2H2,(H,13,15). The SMILES string of the molecule is O=C1NC2=CC(C(F)(F)F)=CCC2C1=O. The molecule has 0 aromatic rings. The van der Waals surface area contributed by atoms with Crippen LogP contribution in [0.4, 0.5) is 13.2 Å². The summed E-state index contributed by atoms with van der Waals surface area (Å²) in [6, 6.07) is 0. The van der Waals surface area contributed by atoms with Gasteiger partial charge in [-0.05, 0) is 12.5 Å². The molecule has 3 nitrogen and oxygen atoms in total. The van der Waals surface area contributed by atoms with Gasteiger partial charge in [-0.3, -0.25) is 9.59 Å². The number of fused-ring (bicyclic) bond motifs is 1. The van der Waals surface area contributed by atoms with Crippen molar-refractivity contribution in [3.63, 3.8) is 0 Å². The van der Waals surface area contributed by atoms with Gasteiger partial charge in [-0.15, -0.1) is 0 Å². The van der Waals surface area contributed by atoms with Crippen LogP contribution in [-0.4, -0.2) is 17.9 Å². The Labute approximate surface area is 82.6 Å². The van der Waals surface area contributed by atoms with E-state index in [1.54, 1.807) is 0 Å². The molecule has 1 saturated heterocycles. The zero-order valence-corrected chi connectivity index (χ0v) is 7.39. The summed E-state index contributed by atoms with van der Waals surface area (Å²) in [4.78, 5) is 22.0. The molecule has 0 aromatic carbocycles. The average Bonchev–Trinajstić information content (AvgIpc) is 2.41. The molecule has 0 radical (unpaired) electrons. The van der Waals surface area contributed by atoms with E-state index in [1.165, 1.54) is 0 Å². The molecule has 1 amide bonds. The number of carbonyl (C=O) groups excluding carboxylic acids is 2. The Hall–Kier alpha value is -1.59. The van der Waals surface area contributed by atoms with Gasteiger partial charge in [0.05, 0.1) is 11.5 Å². The number of alkyl halides is 3. The maximum Gasteiger partial charge on any atom is 0.416 e. The molecule has 80 valence electrons. The molecule has 0 saturated carbocycles. The van der Waals surface area contributed by atoms with Crippen LogP contribution >= 0.6 is 0 Å². The predicted octanol–water partition coefficient (Wildman–Crippen LogP) is 1.08. The third-order valence-corrected chi connectivity index (χ3v) is 2.39. The number of Topliss-reactive ketones (excluding diaryl/α,β-unsaturated/α-hetero) is 1. The van der Waals surface area contributed by atoms with Crippen molar-refractivity contribution < 1.29 is 22.8 Å². The molecule has 2 aliphatic rings. The first kappa shape index (κ1) is 9.95. The lowest BCUT2D eigenvalue weighted by Crippen LogP contribution is -2.18. The van der Waals surface area contributed by atoms with E-state index in [1.807, 2.05) is 0 Å². The minimum absolute atomic E-state index is 0.0554. The Morgan fingerprint density at radius 3 is 2.60 bits per heavy atom. The quantitative estimate of drug-likeness (QED) is 0.617. The second-order valence-electron chi connectivity index (χ2n) is 3.36. The lowest BCUT2D eigenvalue weighted by molar-refractivity contribution is -0.136. The van der Waals surface area contributed by atoms with Crippen LogP contribution in [0.5, 0.6) is 0 Å². The van der Waals surface area contributed by atoms with E-state index < -0.39 is 29.4 Å². The smallest absolute Gasteiger partial charge is 0.322 e. The highest BCUT2D eigenvalue weighted by Crippen LogP contribution is 2.35. The number of amides is 1. The van der Waals surface area contributed by atoms with Crippen LogP contribution < -0.4 is 5.32 Å². The van der Waals surface area contributed by atoms with Gasteiger partial charge in [0.25, 0.3) is 5.91 Å². The molecule has 1 aliphatic heterocycles. The Balaban J connectivity index is 2.31. The normalized spacial score (nSPS) is 25.7. The zero-order valence-electron chi connectivity index (χ0n) is 7.39. The van der Waals surface area contributed by atoms with Gasteiger partial charge in [-0.1, -0.05) is 6.08 Å². The first-order chi connectivity index (χ1) is 6.89. The minimum Gasteiger partial charge on any atom is -0.322 e. The average molecular weight is 217 g/mol. The molecule has 1 fully saturated rings. The summed E-state index contributed by atoms with van der Waals surface area (Å²) in [7, 11) is 0. The Bertz CT molecular complexity index is 406. The number of halogens is 3. The summed E-state index contributed by atoms with van der Waals surface area (Å²) in [6.07, 6.45) is -2.75. The van der Waals surface area contributed by atoms with Crippen LogP contribution in [-0.2, 0) is 9.59 Å². The molecule has 1 atom stereocenters. The topological polar surface area (TPSA) is 46.2 Å². The fraction of sp³-hybridized carbons (Fsp3) is 0.333. The lowest BCUT2D eigenvalue weighted by atomic mass is 9.92. The van der Waals surface area contributed by atoms with Crippen LogP contribution in [0.2, 0.25) is 0 Å². The molecule has 1 heterocycles. The fourth-order valence-electron chi connectivity index (χ4n) is 1.62.